The Morgan fingerprint density at radius 2 is 1.88 bits per heavy atom. The second-order valence-corrected chi connectivity index (χ2v) is 6.27. The molecule has 0 saturated heterocycles. The molecule has 6 heteroatoms. The van der Waals surface area contributed by atoms with Gasteiger partial charge in [-0.25, -0.2) is 0 Å². The van der Waals surface area contributed by atoms with E-state index in [4.69, 9.17) is 4.52 Å². The van der Waals surface area contributed by atoms with Gasteiger partial charge in [0.1, 0.15) is 0 Å². The third kappa shape index (κ3) is 3.32. The van der Waals surface area contributed by atoms with Crippen molar-refractivity contribution >= 4 is 11.9 Å². The van der Waals surface area contributed by atoms with Crippen LogP contribution >= 0.6 is 0 Å². The van der Waals surface area contributed by atoms with Gasteiger partial charge >= 0.3 is 5.97 Å². The van der Waals surface area contributed by atoms with E-state index in [2.05, 4.69) is 10.5 Å². The van der Waals surface area contributed by atoms with Crippen molar-refractivity contribution in [3.63, 3.8) is 0 Å². The molecule has 1 aliphatic carbocycles. The van der Waals surface area contributed by atoms with Gasteiger partial charge in [-0.1, -0.05) is 54.8 Å². The van der Waals surface area contributed by atoms with Crippen LogP contribution in [0.4, 0.5) is 0 Å². The van der Waals surface area contributed by atoms with E-state index in [-0.39, 0.29) is 12.2 Å². The number of nitrogens with one attached hydrogen (secondary N) is 1. The van der Waals surface area contributed by atoms with Gasteiger partial charge in [0.05, 0.1) is 5.41 Å². The Hall–Kier alpha value is -2.63. The average Bonchev–Trinajstić information content (AvgIpc) is 3.11. The van der Waals surface area contributed by atoms with E-state index >= 15 is 0 Å². The van der Waals surface area contributed by atoms with E-state index in [9.17, 15) is 14.7 Å². The van der Waals surface area contributed by atoms with E-state index in [1.807, 2.05) is 30.3 Å². The zero-order valence-electron chi connectivity index (χ0n) is 13.3. The molecule has 1 fully saturated rings. The number of hydrogen-bond acceptors (Lipinski definition) is 4. The van der Waals surface area contributed by atoms with Gasteiger partial charge in [0, 0.05) is 18.2 Å². The molecule has 3 rings (SSSR count). The predicted molar refractivity (Wildman–Crippen MR) is 87.4 cm³/mol. The van der Waals surface area contributed by atoms with Crippen molar-refractivity contribution in [3.05, 3.63) is 42.1 Å². The topological polar surface area (TPSA) is 92.4 Å². The van der Waals surface area contributed by atoms with Crippen molar-refractivity contribution in [2.24, 2.45) is 5.41 Å². The van der Waals surface area contributed by atoms with Crippen LogP contribution in [0, 0.1) is 5.41 Å². The second kappa shape index (κ2) is 6.86. The number of aliphatic carboxylic acids is 1. The lowest BCUT2D eigenvalue weighted by Gasteiger charge is -2.33. The predicted octanol–water partition coefficient (Wildman–Crippen LogP) is 3.11. The summed E-state index contributed by atoms with van der Waals surface area (Å²) in [7, 11) is 0. The van der Waals surface area contributed by atoms with Gasteiger partial charge in [-0.3, -0.25) is 9.59 Å². The highest BCUT2D eigenvalue weighted by Gasteiger charge is 2.40. The van der Waals surface area contributed by atoms with Gasteiger partial charge in [-0.2, -0.15) is 0 Å². The van der Waals surface area contributed by atoms with Gasteiger partial charge in [0.25, 0.3) is 5.91 Å². The summed E-state index contributed by atoms with van der Waals surface area (Å²) >= 11 is 0. The summed E-state index contributed by atoms with van der Waals surface area (Å²) < 4.78 is 5.21. The number of aromatic nitrogens is 1. The number of carboxylic acid groups (broad SMARTS) is 1. The number of amides is 1. The first kappa shape index (κ1) is 16.2. The minimum Gasteiger partial charge on any atom is -0.481 e. The molecule has 126 valence electrons. The minimum atomic E-state index is -0.861. The third-order valence-corrected chi connectivity index (χ3v) is 4.65. The molecule has 2 N–H and O–H groups in total. The first-order chi connectivity index (χ1) is 11.6. The normalized spacial score (nSPS) is 16.5. The molecule has 1 aromatic carbocycles. The SMILES string of the molecule is O=C(NCC1(C(=O)O)CCCCC1)c1cc(-c2ccccc2)on1. The maximum atomic E-state index is 12.3. The van der Waals surface area contributed by atoms with Crippen LogP contribution < -0.4 is 5.32 Å². The Morgan fingerprint density at radius 1 is 1.17 bits per heavy atom. The molecule has 6 nitrogen and oxygen atoms in total. The molecule has 1 amide bonds. The van der Waals surface area contributed by atoms with Crippen molar-refractivity contribution in [2.45, 2.75) is 32.1 Å². The highest BCUT2D eigenvalue weighted by atomic mass is 16.5. The van der Waals surface area contributed by atoms with Crippen LogP contribution in [0.2, 0.25) is 0 Å². The molecule has 24 heavy (non-hydrogen) atoms. The lowest BCUT2D eigenvalue weighted by molar-refractivity contribution is -0.150. The number of benzene rings is 1. The van der Waals surface area contributed by atoms with Crippen LogP contribution in [0.25, 0.3) is 11.3 Å². The van der Waals surface area contributed by atoms with Gasteiger partial charge in [0.15, 0.2) is 11.5 Å². The van der Waals surface area contributed by atoms with Gasteiger partial charge in [-0.15, -0.1) is 0 Å². The van der Waals surface area contributed by atoms with Crippen LogP contribution in [0.3, 0.4) is 0 Å². The molecule has 2 aromatic rings. The average molecular weight is 328 g/mol. The molecule has 1 saturated carbocycles. The van der Waals surface area contributed by atoms with E-state index in [1.165, 1.54) is 0 Å². The maximum absolute atomic E-state index is 12.3. The van der Waals surface area contributed by atoms with Crippen molar-refractivity contribution < 1.29 is 19.2 Å². The smallest absolute Gasteiger partial charge is 0.311 e. The number of carbonyl (C=O) groups is 2. The van der Waals surface area contributed by atoms with Crippen LogP contribution in [-0.2, 0) is 4.79 Å². The molecule has 0 spiro atoms. The molecule has 0 unspecified atom stereocenters. The molecule has 0 atom stereocenters. The first-order valence-electron chi connectivity index (χ1n) is 8.14. The summed E-state index contributed by atoms with van der Waals surface area (Å²) in [6.07, 6.45) is 3.99. The van der Waals surface area contributed by atoms with Crippen LogP contribution in [0.5, 0.6) is 0 Å². The Balaban J connectivity index is 1.67. The van der Waals surface area contributed by atoms with E-state index in [0.717, 1.165) is 24.8 Å². The Morgan fingerprint density at radius 3 is 2.54 bits per heavy atom. The number of rotatable bonds is 5. The molecule has 1 heterocycles. The zero-order chi connectivity index (χ0) is 17.0. The largest absolute Gasteiger partial charge is 0.481 e. The fraction of sp³-hybridized carbons (Fsp3) is 0.389. The molecule has 0 aliphatic heterocycles. The fourth-order valence-electron chi connectivity index (χ4n) is 3.16. The first-order valence-corrected chi connectivity index (χ1v) is 8.14. The Bertz CT molecular complexity index is 718. The molecule has 0 bridgehead atoms. The summed E-state index contributed by atoms with van der Waals surface area (Å²) in [6, 6.07) is 10.9. The van der Waals surface area contributed by atoms with E-state index in [1.54, 1.807) is 6.07 Å². The van der Waals surface area contributed by atoms with Gasteiger partial charge < -0.3 is 14.9 Å². The van der Waals surface area contributed by atoms with Crippen LogP contribution in [-0.4, -0.2) is 28.7 Å². The summed E-state index contributed by atoms with van der Waals surface area (Å²) in [5.41, 5.74) is 0.128. The number of hydrogen-bond donors (Lipinski definition) is 2. The van der Waals surface area contributed by atoms with Gasteiger partial charge in [0.2, 0.25) is 0 Å². The zero-order valence-corrected chi connectivity index (χ0v) is 13.3. The minimum absolute atomic E-state index is 0.120. The van der Waals surface area contributed by atoms with Crippen molar-refractivity contribution in [1.29, 1.82) is 0 Å². The number of carboxylic acids is 1. The molecule has 1 aromatic heterocycles. The lowest BCUT2D eigenvalue weighted by Crippen LogP contribution is -2.44. The van der Waals surface area contributed by atoms with Crippen molar-refractivity contribution in [3.8, 4) is 11.3 Å². The number of carbonyl (C=O) groups excluding carboxylic acids is 1. The molecule has 0 radical (unpaired) electrons. The molecular weight excluding hydrogens is 308 g/mol. The molecule has 1 aliphatic rings. The summed E-state index contributed by atoms with van der Waals surface area (Å²) in [6.45, 7) is 0.120. The number of nitrogens with zero attached hydrogens (tertiary/aromatic N) is 1. The summed E-state index contributed by atoms with van der Waals surface area (Å²) in [5.74, 6) is -0.744. The van der Waals surface area contributed by atoms with Crippen molar-refractivity contribution in [2.75, 3.05) is 6.54 Å². The summed E-state index contributed by atoms with van der Waals surface area (Å²) in [4.78, 5) is 23.9. The van der Waals surface area contributed by atoms with Gasteiger partial charge in [-0.05, 0) is 12.8 Å². The van der Waals surface area contributed by atoms with E-state index in [0.29, 0.717) is 18.6 Å². The van der Waals surface area contributed by atoms with Crippen molar-refractivity contribution in [1.82, 2.24) is 10.5 Å². The summed E-state index contributed by atoms with van der Waals surface area (Å²) in [5, 5.41) is 16.0. The lowest BCUT2D eigenvalue weighted by atomic mass is 9.74. The van der Waals surface area contributed by atoms with E-state index < -0.39 is 17.3 Å². The Labute approximate surface area is 139 Å². The van der Waals surface area contributed by atoms with Crippen LogP contribution in [0.15, 0.2) is 40.9 Å². The fourth-order valence-corrected chi connectivity index (χ4v) is 3.16. The molecular formula is C18H20N2O4. The highest BCUT2D eigenvalue weighted by molar-refractivity contribution is 5.93. The van der Waals surface area contributed by atoms with Crippen LogP contribution in [0.1, 0.15) is 42.6 Å². The second-order valence-electron chi connectivity index (χ2n) is 6.27. The quantitative estimate of drug-likeness (QED) is 0.880. The maximum Gasteiger partial charge on any atom is 0.311 e. The monoisotopic (exact) mass is 328 g/mol. The third-order valence-electron chi connectivity index (χ3n) is 4.65. The standard InChI is InChI=1S/C18H20N2O4/c21-16(19-12-18(17(22)23)9-5-2-6-10-18)14-11-15(24-20-14)13-7-3-1-4-8-13/h1,3-4,7-8,11H,2,5-6,9-10,12H2,(H,19,21)(H,22,23). The highest BCUT2D eigenvalue weighted by Crippen LogP contribution is 2.36. The Kier molecular flexibility index (Phi) is 4.64.